The molecule has 2 nitrogen and oxygen atoms in total. The van der Waals surface area contributed by atoms with Gasteiger partial charge in [-0.1, -0.05) is 30.3 Å². The van der Waals surface area contributed by atoms with E-state index in [1.54, 1.807) is 0 Å². The Morgan fingerprint density at radius 3 is 2.53 bits per heavy atom. The van der Waals surface area contributed by atoms with Crippen molar-refractivity contribution in [2.24, 2.45) is 5.84 Å². The number of nitrogens with two attached hydrogens (primary N) is 1. The summed E-state index contributed by atoms with van der Waals surface area (Å²) in [5.74, 6) is 4.43. The summed E-state index contributed by atoms with van der Waals surface area (Å²) in [5, 5.41) is 0. The number of hydrogen-bond donors (Lipinski definition) is 2. The molecule has 0 saturated heterocycles. The van der Waals surface area contributed by atoms with Crippen molar-refractivity contribution in [2.45, 2.75) is 19.4 Å². The van der Waals surface area contributed by atoms with Gasteiger partial charge in [-0.3, -0.25) is 11.3 Å². The number of halogens is 2. The smallest absolute Gasteiger partial charge is 0.129 e. The Hall–Kier alpha value is -1.78. The number of benzene rings is 2. The Morgan fingerprint density at radius 2 is 1.89 bits per heavy atom. The van der Waals surface area contributed by atoms with Crippen LogP contribution >= 0.6 is 0 Å². The molecule has 0 radical (unpaired) electrons. The van der Waals surface area contributed by atoms with E-state index in [-0.39, 0.29) is 6.04 Å². The molecule has 0 bridgehead atoms. The molecule has 0 aliphatic heterocycles. The molecule has 2 aromatic rings. The average molecular weight is 262 g/mol. The van der Waals surface area contributed by atoms with Gasteiger partial charge in [-0.15, -0.1) is 0 Å². The molecule has 0 heterocycles. The summed E-state index contributed by atoms with van der Waals surface area (Å²) in [6.07, 6.45) is 0.369. The molecule has 0 aliphatic carbocycles. The quantitative estimate of drug-likeness (QED) is 0.656. The fourth-order valence-corrected chi connectivity index (χ4v) is 2.14. The number of rotatable bonds is 4. The van der Waals surface area contributed by atoms with Gasteiger partial charge in [0.2, 0.25) is 0 Å². The van der Waals surface area contributed by atoms with Crippen LogP contribution in [0.5, 0.6) is 0 Å². The monoisotopic (exact) mass is 262 g/mol. The highest BCUT2D eigenvalue weighted by Crippen LogP contribution is 2.22. The van der Waals surface area contributed by atoms with Crippen molar-refractivity contribution >= 4 is 0 Å². The molecular formula is C15H16F2N2. The first-order chi connectivity index (χ1) is 9.11. The van der Waals surface area contributed by atoms with Crippen molar-refractivity contribution in [2.75, 3.05) is 0 Å². The van der Waals surface area contributed by atoms with Gasteiger partial charge in [0.1, 0.15) is 11.6 Å². The van der Waals surface area contributed by atoms with Gasteiger partial charge in [-0.25, -0.2) is 8.78 Å². The first kappa shape index (κ1) is 13.6. The Balaban J connectivity index is 2.27. The van der Waals surface area contributed by atoms with Crippen LogP contribution in [0.1, 0.15) is 22.7 Å². The standard InChI is InChI=1S/C15H16F2N2/c1-10-4-2-3-5-13(10)15(19-18)8-11-6-7-12(16)9-14(11)17/h2-7,9,15,19H,8,18H2,1H3. The Morgan fingerprint density at radius 1 is 1.16 bits per heavy atom. The molecule has 3 N–H and O–H groups in total. The van der Waals surface area contributed by atoms with E-state index in [9.17, 15) is 8.78 Å². The first-order valence-corrected chi connectivity index (χ1v) is 6.07. The van der Waals surface area contributed by atoms with E-state index in [1.165, 1.54) is 12.1 Å². The van der Waals surface area contributed by atoms with E-state index in [0.29, 0.717) is 12.0 Å². The lowest BCUT2D eigenvalue weighted by Crippen LogP contribution is -2.30. The summed E-state index contributed by atoms with van der Waals surface area (Å²) < 4.78 is 26.5. The third kappa shape index (κ3) is 3.16. The van der Waals surface area contributed by atoms with Crippen LogP contribution in [0, 0.1) is 18.6 Å². The maximum absolute atomic E-state index is 13.7. The largest absolute Gasteiger partial charge is 0.271 e. The minimum atomic E-state index is -0.575. The molecule has 100 valence electrons. The molecule has 0 aromatic heterocycles. The van der Waals surface area contributed by atoms with Gasteiger partial charge >= 0.3 is 0 Å². The van der Waals surface area contributed by atoms with E-state index in [4.69, 9.17) is 5.84 Å². The number of aryl methyl sites for hydroxylation is 1. The molecule has 0 amide bonds. The Labute approximate surface area is 111 Å². The molecule has 4 heteroatoms. The normalized spacial score (nSPS) is 12.4. The van der Waals surface area contributed by atoms with Crippen LogP contribution in [0.15, 0.2) is 42.5 Å². The van der Waals surface area contributed by atoms with Crippen LogP contribution in [-0.4, -0.2) is 0 Å². The fraction of sp³-hybridized carbons (Fsp3) is 0.200. The molecule has 1 unspecified atom stereocenters. The zero-order chi connectivity index (χ0) is 13.8. The van der Waals surface area contributed by atoms with Crippen molar-refractivity contribution < 1.29 is 8.78 Å². The minimum Gasteiger partial charge on any atom is -0.271 e. The van der Waals surface area contributed by atoms with Crippen molar-refractivity contribution in [3.05, 3.63) is 70.8 Å². The van der Waals surface area contributed by atoms with Crippen molar-refractivity contribution in [3.8, 4) is 0 Å². The van der Waals surface area contributed by atoms with Gasteiger partial charge in [-0.2, -0.15) is 0 Å². The molecule has 0 fully saturated rings. The van der Waals surface area contributed by atoms with Crippen molar-refractivity contribution in [1.82, 2.24) is 5.43 Å². The van der Waals surface area contributed by atoms with E-state index in [1.807, 2.05) is 31.2 Å². The number of hydrogen-bond acceptors (Lipinski definition) is 2. The minimum absolute atomic E-state index is 0.207. The SMILES string of the molecule is Cc1ccccc1C(Cc1ccc(F)cc1F)NN. The van der Waals surface area contributed by atoms with E-state index in [0.717, 1.165) is 17.2 Å². The van der Waals surface area contributed by atoms with E-state index >= 15 is 0 Å². The molecular weight excluding hydrogens is 246 g/mol. The summed E-state index contributed by atoms with van der Waals surface area (Å²) >= 11 is 0. The lowest BCUT2D eigenvalue weighted by atomic mass is 9.95. The van der Waals surface area contributed by atoms with Gasteiger partial charge in [0, 0.05) is 6.07 Å². The van der Waals surface area contributed by atoms with Crippen LogP contribution in [0.25, 0.3) is 0 Å². The number of hydrazine groups is 1. The van der Waals surface area contributed by atoms with Crippen molar-refractivity contribution in [3.63, 3.8) is 0 Å². The van der Waals surface area contributed by atoms with Crippen molar-refractivity contribution in [1.29, 1.82) is 0 Å². The topological polar surface area (TPSA) is 38.0 Å². The molecule has 0 aliphatic rings. The second-order valence-electron chi connectivity index (χ2n) is 4.52. The highest BCUT2D eigenvalue weighted by atomic mass is 19.1. The van der Waals surface area contributed by atoms with E-state index < -0.39 is 11.6 Å². The Bertz CT molecular complexity index is 570. The van der Waals surface area contributed by atoms with Crippen LogP contribution < -0.4 is 11.3 Å². The molecule has 2 aromatic carbocycles. The zero-order valence-corrected chi connectivity index (χ0v) is 10.7. The molecule has 0 saturated carbocycles. The Kier molecular flexibility index (Phi) is 4.24. The highest BCUT2D eigenvalue weighted by Gasteiger charge is 2.15. The van der Waals surface area contributed by atoms with Gasteiger partial charge in [0.25, 0.3) is 0 Å². The summed E-state index contributed by atoms with van der Waals surface area (Å²) in [6.45, 7) is 1.97. The predicted molar refractivity (Wildman–Crippen MR) is 71.3 cm³/mol. The van der Waals surface area contributed by atoms with Crippen LogP contribution in [0.2, 0.25) is 0 Å². The van der Waals surface area contributed by atoms with E-state index in [2.05, 4.69) is 5.43 Å². The maximum Gasteiger partial charge on any atom is 0.129 e. The molecule has 19 heavy (non-hydrogen) atoms. The lowest BCUT2D eigenvalue weighted by Gasteiger charge is -2.19. The molecule has 2 rings (SSSR count). The second kappa shape index (κ2) is 5.91. The second-order valence-corrected chi connectivity index (χ2v) is 4.52. The summed E-state index contributed by atoms with van der Waals surface area (Å²) in [4.78, 5) is 0. The molecule has 0 spiro atoms. The van der Waals surface area contributed by atoms with Crippen LogP contribution in [0.3, 0.4) is 0 Å². The summed E-state index contributed by atoms with van der Waals surface area (Å²) in [6, 6.07) is 11.2. The van der Waals surface area contributed by atoms with Crippen LogP contribution in [0.4, 0.5) is 8.78 Å². The predicted octanol–water partition coefficient (Wildman–Crippen LogP) is 3.02. The van der Waals surface area contributed by atoms with Gasteiger partial charge in [0.05, 0.1) is 6.04 Å². The van der Waals surface area contributed by atoms with Gasteiger partial charge in [0.15, 0.2) is 0 Å². The number of nitrogens with one attached hydrogen (secondary N) is 1. The third-order valence-corrected chi connectivity index (χ3v) is 3.20. The average Bonchev–Trinajstić information content (AvgIpc) is 2.39. The fourth-order valence-electron chi connectivity index (χ4n) is 2.14. The third-order valence-electron chi connectivity index (χ3n) is 3.20. The zero-order valence-electron chi connectivity index (χ0n) is 10.7. The van der Waals surface area contributed by atoms with Gasteiger partial charge in [-0.05, 0) is 36.1 Å². The first-order valence-electron chi connectivity index (χ1n) is 6.07. The maximum atomic E-state index is 13.7. The summed E-state index contributed by atoms with van der Waals surface area (Å²) in [7, 11) is 0. The summed E-state index contributed by atoms with van der Waals surface area (Å²) in [5.41, 5.74) is 5.21. The van der Waals surface area contributed by atoms with Gasteiger partial charge < -0.3 is 0 Å². The highest BCUT2D eigenvalue weighted by molar-refractivity contribution is 5.31. The van der Waals surface area contributed by atoms with Crippen LogP contribution in [-0.2, 0) is 6.42 Å². The lowest BCUT2D eigenvalue weighted by molar-refractivity contribution is 0.520. The molecule has 1 atom stereocenters.